The van der Waals surface area contributed by atoms with Gasteiger partial charge in [-0.3, -0.25) is 4.79 Å². The first-order valence-electron chi connectivity index (χ1n) is 8.57. The summed E-state index contributed by atoms with van der Waals surface area (Å²) in [5, 5.41) is 18.5. The van der Waals surface area contributed by atoms with Gasteiger partial charge in [0.15, 0.2) is 0 Å². The van der Waals surface area contributed by atoms with Crippen molar-refractivity contribution >= 4 is 5.97 Å². The summed E-state index contributed by atoms with van der Waals surface area (Å²) in [6.07, 6.45) is 6.80. The second kappa shape index (κ2) is 7.74. The summed E-state index contributed by atoms with van der Waals surface area (Å²) in [5.74, 6) is -2.54. The molecule has 2 rings (SSSR count). The zero-order valence-corrected chi connectivity index (χ0v) is 13.9. The van der Waals surface area contributed by atoms with Crippen LogP contribution in [0.5, 0.6) is 0 Å². The molecule has 5 heteroatoms. The molecule has 1 saturated carbocycles. The van der Waals surface area contributed by atoms with Gasteiger partial charge in [-0.1, -0.05) is 32.6 Å². The molecule has 1 aromatic carbocycles. The Labute approximate surface area is 141 Å². The number of hydrogen-bond acceptors (Lipinski definition) is 2. The summed E-state index contributed by atoms with van der Waals surface area (Å²) in [4.78, 5) is 11.9. The number of rotatable bonds is 6. The summed E-state index contributed by atoms with van der Waals surface area (Å²) >= 11 is 0. The molecular formula is C19H23F2NO2. The van der Waals surface area contributed by atoms with Crippen molar-refractivity contribution in [2.45, 2.75) is 63.7 Å². The molecule has 24 heavy (non-hydrogen) atoms. The normalized spacial score (nSPS) is 23.7. The zero-order valence-electron chi connectivity index (χ0n) is 13.9. The van der Waals surface area contributed by atoms with Gasteiger partial charge in [-0.05, 0) is 49.3 Å². The Balaban J connectivity index is 2.22. The maximum atomic E-state index is 13.9. The van der Waals surface area contributed by atoms with E-state index in [2.05, 4.69) is 6.92 Å². The third-order valence-electron chi connectivity index (χ3n) is 5.29. The molecule has 0 bridgehead atoms. The van der Waals surface area contributed by atoms with Crippen LogP contribution in [0, 0.1) is 28.9 Å². The van der Waals surface area contributed by atoms with Crippen LogP contribution in [-0.2, 0) is 10.2 Å². The number of nitriles is 1. The van der Waals surface area contributed by atoms with Gasteiger partial charge < -0.3 is 5.11 Å². The minimum atomic E-state index is -1.25. The van der Waals surface area contributed by atoms with Crippen LogP contribution in [0.25, 0.3) is 0 Å². The van der Waals surface area contributed by atoms with E-state index in [1.165, 1.54) is 12.5 Å². The highest BCUT2D eigenvalue weighted by Gasteiger charge is 2.44. The van der Waals surface area contributed by atoms with E-state index in [1.54, 1.807) is 0 Å². The van der Waals surface area contributed by atoms with Crippen molar-refractivity contribution < 1.29 is 18.7 Å². The topological polar surface area (TPSA) is 61.1 Å². The van der Waals surface area contributed by atoms with Crippen molar-refractivity contribution in [1.82, 2.24) is 0 Å². The van der Waals surface area contributed by atoms with Gasteiger partial charge >= 0.3 is 5.97 Å². The fraction of sp³-hybridized carbons (Fsp3) is 0.579. The predicted molar refractivity (Wildman–Crippen MR) is 86.5 cm³/mol. The zero-order chi connectivity index (χ0) is 17.7. The van der Waals surface area contributed by atoms with Gasteiger partial charge in [0, 0.05) is 0 Å². The summed E-state index contributed by atoms with van der Waals surface area (Å²) < 4.78 is 27.9. The second-order valence-corrected chi connectivity index (χ2v) is 6.75. The molecule has 0 aromatic heterocycles. The van der Waals surface area contributed by atoms with Gasteiger partial charge in [0.25, 0.3) is 0 Å². The van der Waals surface area contributed by atoms with E-state index < -0.39 is 28.6 Å². The van der Waals surface area contributed by atoms with Crippen LogP contribution < -0.4 is 0 Å². The third kappa shape index (κ3) is 3.58. The van der Waals surface area contributed by atoms with Gasteiger partial charge in [-0.2, -0.15) is 5.26 Å². The molecule has 0 amide bonds. The van der Waals surface area contributed by atoms with Crippen molar-refractivity contribution in [2.24, 2.45) is 5.92 Å². The molecule has 0 spiro atoms. The van der Waals surface area contributed by atoms with Gasteiger partial charge in [0.05, 0.1) is 5.41 Å². The number of carboxylic acids is 1. The number of hydrogen-bond donors (Lipinski definition) is 1. The van der Waals surface area contributed by atoms with Crippen LogP contribution in [0.2, 0.25) is 0 Å². The fourth-order valence-electron chi connectivity index (χ4n) is 3.72. The molecule has 1 N–H and O–H groups in total. The molecule has 0 atom stereocenters. The summed E-state index contributed by atoms with van der Waals surface area (Å²) in [7, 11) is 0. The largest absolute Gasteiger partial charge is 0.481 e. The Morgan fingerprint density at radius 1 is 1.29 bits per heavy atom. The first-order valence-corrected chi connectivity index (χ1v) is 8.57. The third-order valence-corrected chi connectivity index (χ3v) is 5.29. The van der Waals surface area contributed by atoms with Gasteiger partial charge in [0.1, 0.15) is 23.3 Å². The van der Waals surface area contributed by atoms with Crippen LogP contribution in [0.1, 0.15) is 69.4 Å². The van der Waals surface area contributed by atoms with E-state index in [0.717, 1.165) is 44.2 Å². The van der Waals surface area contributed by atoms with Crippen LogP contribution in [0.15, 0.2) is 12.1 Å². The minimum Gasteiger partial charge on any atom is -0.481 e. The standard InChI is InChI=1S/C19H23F2NO2/c1-2-3-4-5-13-6-8-19(9-7-13,18(23)24)14-10-16(20)15(12-22)17(21)11-14/h10-11,13H,2-9H2,1H3,(H,23,24). The van der Waals surface area contributed by atoms with E-state index in [4.69, 9.17) is 5.26 Å². The molecule has 1 aromatic rings. The molecule has 1 aliphatic rings. The smallest absolute Gasteiger partial charge is 0.314 e. The molecule has 3 nitrogen and oxygen atoms in total. The van der Waals surface area contributed by atoms with Crippen LogP contribution in [0.4, 0.5) is 8.78 Å². The molecule has 0 saturated heterocycles. The molecule has 130 valence electrons. The van der Waals surface area contributed by atoms with Crippen LogP contribution >= 0.6 is 0 Å². The molecule has 0 radical (unpaired) electrons. The molecule has 1 aliphatic carbocycles. The minimum absolute atomic E-state index is 0.135. The first-order chi connectivity index (χ1) is 11.4. The van der Waals surface area contributed by atoms with Crippen molar-refractivity contribution in [2.75, 3.05) is 0 Å². The number of benzene rings is 1. The SMILES string of the molecule is CCCCCC1CCC(C(=O)O)(c2cc(F)c(C#N)c(F)c2)CC1. The molecule has 1 fully saturated rings. The Hall–Kier alpha value is -1.96. The number of nitrogens with zero attached hydrogens (tertiary/aromatic N) is 1. The monoisotopic (exact) mass is 335 g/mol. The van der Waals surface area contributed by atoms with E-state index in [1.807, 2.05) is 0 Å². The lowest BCUT2D eigenvalue weighted by Crippen LogP contribution is -2.40. The quantitative estimate of drug-likeness (QED) is 0.750. The number of aliphatic carboxylic acids is 1. The molecular weight excluding hydrogens is 312 g/mol. The maximum Gasteiger partial charge on any atom is 0.314 e. The predicted octanol–water partition coefficient (Wildman–Crippen LogP) is 4.93. The van der Waals surface area contributed by atoms with Gasteiger partial charge in [-0.15, -0.1) is 0 Å². The van der Waals surface area contributed by atoms with E-state index in [0.29, 0.717) is 18.8 Å². The van der Waals surface area contributed by atoms with Crippen LogP contribution in [0.3, 0.4) is 0 Å². The Kier molecular flexibility index (Phi) is 5.93. The Morgan fingerprint density at radius 2 is 1.88 bits per heavy atom. The van der Waals surface area contributed by atoms with E-state index >= 15 is 0 Å². The number of unbranched alkanes of at least 4 members (excludes halogenated alkanes) is 2. The Morgan fingerprint density at radius 3 is 2.33 bits per heavy atom. The first kappa shape index (κ1) is 18.4. The van der Waals surface area contributed by atoms with Crippen LogP contribution in [-0.4, -0.2) is 11.1 Å². The van der Waals surface area contributed by atoms with Crippen molar-refractivity contribution in [1.29, 1.82) is 5.26 Å². The maximum absolute atomic E-state index is 13.9. The van der Waals surface area contributed by atoms with Crippen molar-refractivity contribution in [3.8, 4) is 6.07 Å². The summed E-state index contributed by atoms with van der Waals surface area (Å²) in [6, 6.07) is 3.52. The molecule has 0 unspecified atom stereocenters. The number of halogens is 2. The van der Waals surface area contributed by atoms with E-state index in [-0.39, 0.29) is 5.56 Å². The second-order valence-electron chi connectivity index (χ2n) is 6.75. The average Bonchev–Trinajstić information content (AvgIpc) is 2.55. The van der Waals surface area contributed by atoms with Crippen molar-refractivity contribution in [3.05, 3.63) is 34.9 Å². The fourth-order valence-corrected chi connectivity index (χ4v) is 3.72. The average molecular weight is 335 g/mol. The number of carbonyl (C=O) groups is 1. The highest BCUT2D eigenvalue weighted by molar-refractivity contribution is 5.81. The number of carboxylic acid groups (broad SMARTS) is 1. The highest BCUT2D eigenvalue weighted by atomic mass is 19.1. The lowest BCUT2D eigenvalue weighted by atomic mass is 9.66. The summed E-state index contributed by atoms with van der Waals surface area (Å²) in [6.45, 7) is 2.14. The molecule has 0 aliphatic heterocycles. The van der Waals surface area contributed by atoms with Gasteiger partial charge in [0.2, 0.25) is 0 Å². The lowest BCUT2D eigenvalue weighted by molar-refractivity contribution is -0.145. The van der Waals surface area contributed by atoms with Crippen molar-refractivity contribution in [3.63, 3.8) is 0 Å². The Bertz CT molecular complexity index is 620. The lowest BCUT2D eigenvalue weighted by Gasteiger charge is -2.37. The van der Waals surface area contributed by atoms with Gasteiger partial charge in [-0.25, -0.2) is 8.78 Å². The van der Waals surface area contributed by atoms with E-state index in [9.17, 15) is 18.7 Å². The molecule has 0 heterocycles. The highest BCUT2D eigenvalue weighted by Crippen LogP contribution is 2.44. The summed E-state index contributed by atoms with van der Waals surface area (Å²) in [5.41, 5.74) is -1.78.